The highest BCUT2D eigenvalue weighted by atomic mass is 16.6. The number of hydrogen-bond acceptors (Lipinski definition) is 12. The van der Waals surface area contributed by atoms with Crippen molar-refractivity contribution in [3.63, 3.8) is 0 Å². The molecule has 1 aromatic heterocycles. The number of aromatic nitrogens is 2. The van der Waals surface area contributed by atoms with Gasteiger partial charge in [-0.05, 0) is 12.1 Å². The summed E-state index contributed by atoms with van der Waals surface area (Å²) in [6.07, 6.45) is -3.55. The van der Waals surface area contributed by atoms with Crippen LogP contribution in [-0.4, -0.2) is 70.9 Å². The number of rotatable bonds is 10. The molecule has 2 aromatic rings. The smallest absolute Gasteiger partial charge is 0.303 e. The summed E-state index contributed by atoms with van der Waals surface area (Å²) in [7, 11) is 0. The van der Waals surface area contributed by atoms with Crippen LogP contribution in [0.4, 0.5) is 5.95 Å². The number of nitrogens with zero attached hydrogens (tertiary/aromatic N) is 3. The molecule has 1 heterocycles. The highest BCUT2D eigenvalue weighted by Gasteiger charge is 2.37. The zero-order valence-electron chi connectivity index (χ0n) is 20.8. The Kier molecular flexibility index (Phi) is 9.98. The summed E-state index contributed by atoms with van der Waals surface area (Å²) in [5.74, 6) is -4.14. The van der Waals surface area contributed by atoms with Crippen molar-refractivity contribution in [1.29, 1.82) is 0 Å². The first-order valence-corrected chi connectivity index (χ1v) is 10.9. The van der Waals surface area contributed by atoms with Gasteiger partial charge in [0.1, 0.15) is 6.61 Å². The monoisotopic (exact) mass is 518 g/mol. The van der Waals surface area contributed by atoms with Crippen LogP contribution in [0, 0.1) is 0 Å². The van der Waals surface area contributed by atoms with Crippen molar-refractivity contribution in [2.45, 2.75) is 52.9 Å². The SMILES string of the molecule is CC(=O)OC[C@@H](OC(C)=O)[C@H](OC(C)=O)[C@H](/C=N/N(C(C)=O)c1nc2ccccc2c(=O)[nH]1)OC(C)=O. The number of esters is 4. The van der Waals surface area contributed by atoms with Crippen LogP contribution in [0.5, 0.6) is 0 Å². The minimum Gasteiger partial charge on any atom is -0.462 e. The van der Waals surface area contributed by atoms with Gasteiger partial charge in [-0.15, -0.1) is 0 Å². The molecule has 14 nitrogen and oxygen atoms in total. The number of hydrazone groups is 1. The molecule has 14 heteroatoms. The molecule has 1 N–H and O–H groups in total. The summed E-state index contributed by atoms with van der Waals surface area (Å²) in [5.41, 5.74) is -0.249. The summed E-state index contributed by atoms with van der Waals surface area (Å²) in [5, 5.41) is 4.99. The van der Waals surface area contributed by atoms with Crippen molar-refractivity contribution >= 4 is 52.9 Å². The molecule has 198 valence electrons. The Balaban J connectivity index is 2.54. The molecule has 0 radical (unpaired) electrons. The van der Waals surface area contributed by atoms with Gasteiger partial charge in [0.25, 0.3) is 5.56 Å². The molecule has 1 aromatic carbocycles. The summed E-state index contributed by atoms with van der Waals surface area (Å²) in [6.45, 7) is 4.88. The van der Waals surface area contributed by atoms with E-state index in [1.54, 1.807) is 24.3 Å². The first-order chi connectivity index (χ1) is 17.4. The average molecular weight is 518 g/mol. The van der Waals surface area contributed by atoms with E-state index in [-0.39, 0.29) is 16.9 Å². The third-order valence-corrected chi connectivity index (χ3v) is 4.49. The topological polar surface area (TPSA) is 184 Å². The molecule has 0 saturated heterocycles. The van der Waals surface area contributed by atoms with Crippen LogP contribution < -0.4 is 10.6 Å². The van der Waals surface area contributed by atoms with Gasteiger partial charge in [-0.2, -0.15) is 10.1 Å². The van der Waals surface area contributed by atoms with Gasteiger partial charge in [0.05, 0.1) is 17.1 Å². The van der Waals surface area contributed by atoms with E-state index in [2.05, 4.69) is 15.1 Å². The lowest BCUT2D eigenvalue weighted by Crippen LogP contribution is -2.48. The fourth-order valence-corrected chi connectivity index (χ4v) is 3.12. The van der Waals surface area contributed by atoms with Crippen molar-refractivity contribution in [1.82, 2.24) is 9.97 Å². The molecule has 3 atom stereocenters. The van der Waals surface area contributed by atoms with E-state index in [9.17, 15) is 28.8 Å². The number of benzene rings is 1. The molecule has 0 fully saturated rings. The Morgan fingerprint density at radius 3 is 2.14 bits per heavy atom. The van der Waals surface area contributed by atoms with Gasteiger partial charge in [0.15, 0.2) is 18.3 Å². The Morgan fingerprint density at radius 1 is 0.946 bits per heavy atom. The predicted molar refractivity (Wildman–Crippen MR) is 127 cm³/mol. The lowest BCUT2D eigenvalue weighted by atomic mass is 10.1. The molecule has 0 spiro atoms. The number of fused-ring (bicyclic) bond motifs is 1. The van der Waals surface area contributed by atoms with E-state index >= 15 is 0 Å². The molecule has 37 heavy (non-hydrogen) atoms. The van der Waals surface area contributed by atoms with Gasteiger partial charge in [-0.25, -0.2) is 4.98 Å². The largest absolute Gasteiger partial charge is 0.462 e. The fraction of sp³-hybridized carbons (Fsp3) is 0.391. The normalized spacial score (nSPS) is 13.3. The maximum absolute atomic E-state index is 12.5. The number of carbonyl (C=O) groups is 5. The maximum atomic E-state index is 12.5. The average Bonchev–Trinajstić information content (AvgIpc) is 2.79. The Morgan fingerprint density at radius 2 is 1.57 bits per heavy atom. The van der Waals surface area contributed by atoms with E-state index in [0.29, 0.717) is 0 Å². The van der Waals surface area contributed by atoms with Crippen molar-refractivity contribution < 1.29 is 42.9 Å². The fourth-order valence-electron chi connectivity index (χ4n) is 3.12. The summed E-state index contributed by atoms with van der Waals surface area (Å²) in [4.78, 5) is 78.2. The van der Waals surface area contributed by atoms with Crippen LogP contribution in [0.15, 0.2) is 34.2 Å². The van der Waals surface area contributed by atoms with Gasteiger partial charge in [0, 0.05) is 34.6 Å². The van der Waals surface area contributed by atoms with Crippen molar-refractivity contribution in [3.8, 4) is 0 Å². The first kappa shape index (κ1) is 28.6. The number of amides is 1. The number of hydrogen-bond donors (Lipinski definition) is 1. The second-order valence-electron chi connectivity index (χ2n) is 7.60. The third kappa shape index (κ3) is 8.52. The van der Waals surface area contributed by atoms with Gasteiger partial charge >= 0.3 is 23.9 Å². The molecular weight excluding hydrogens is 492 g/mol. The minimum absolute atomic E-state index is 0.241. The number of aromatic amines is 1. The third-order valence-electron chi connectivity index (χ3n) is 4.49. The Bertz CT molecular complexity index is 1270. The zero-order chi connectivity index (χ0) is 27.7. The number of carbonyl (C=O) groups excluding carboxylic acids is 5. The number of nitrogens with one attached hydrogen (secondary N) is 1. The van der Waals surface area contributed by atoms with Crippen LogP contribution in [0.3, 0.4) is 0 Å². The van der Waals surface area contributed by atoms with Crippen LogP contribution in [0.2, 0.25) is 0 Å². The second-order valence-corrected chi connectivity index (χ2v) is 7.60. The predicted octanol–water partition coefficient (Wildman–Crippen LogP) is 0.620. The minimum atomic E-state index is -1.54. The number of para-hydroxylation sites is 1. The summed E-state index contributed by atoms with van der Waals surface area (Å²) in [6, 6.07) is 6.41. The van der Waals surface area contributed by atoms with Crippen LogP contribution in [0.25, 0.3) is 10.9 Å². The number of H-pyrrole nitrogens is 1. The standard InChI is InChI=1S/C23H26N4O10/c1-12(28)27(23-25-18-9-7-6-8-17(18)22(33)26-23)24-10-19(35-14(3)30)21(37-16(5)32)20(36-15(4)31)11-34-13(2)29/h6-10,19-21H,11H2,1-5H3,(H,25,26,33)/b24-10+/t19-,20+,21+/m0/s1. The van der Waals surface area contributed by atoms with Gasteiger partial charge < -0.3 is 18.9 Å². The van der Waals surface area contributed by atoms with Gasteiger partial charge in [-0.1, -0.05) is 12.1 Å². The van der Waals surface area contributed by atoms with Crippen LogP contribution >= 0.6 is 0 Å². The van der Waals surface area contributed by atoms with E-state index in [1.165, 1.54) is 0 Å². The van der Waals surface area contributed by atoms with E-state index in [4.69, 9.17) is 18.9 Å². The zero-order valence-corrected chi connectivity index (χ0v) is 20.8. The molecule has 0 bridgehead atoms. The molecule has 0 aliphatic rings. The van der Waals surface area contributed by atoms with Gasteiger partial charge in [0.2, 0.25) is 11.9 Å². The molecule has 0 saturated carbocycles. The van der Waals surface area contributed by atoms with Crippen molar-refractivity contribution in [3.05, 3.63) is 34.6 Å². The van der Waals surface area contributed by atoms with E-state index in [1.807, 2.05) is 0 Å². The number of ether oxygens (including phenoxy) is 4. The first-order valence-electron chi connectivity index (χ1n) is 10.9. The molecule has 1 amide bonds. The lowest BCUT2D eigenvalue weighted by Gasteiger charge is -2.30. The van der Waals surface area contributed by atoms with Crippen molar-refractivity contribution in [2.24, 2.45) is 5.10 Å². The summed E-state index contributed by atoms with van der Waals surface area (Å²) >= 11 is 0. The van der Waals surface area contributed by atoms with Gasteiger partial charge in [-0.3, -0.25) is 33.8 Å². The molecule has 0 aliphatic carbocycles. The molecular formula is C23H26N4O10. The Labute approximate surface area is 210 Å². The molecule has 2 rings (SSSR count). The van der Waals surface area contributed by atoms with E-state index < -0.39 is 60.3 Å². The highest BCUT2D eigenvalue weighted by molar-refractivity contribution is 5.91. The maximum Gasteiger partial charge on any atom is 0.303 e. The lowest BCUT2D eigenvalue weighted by molar-refractivity contribution is -0.183. The van der Waals surface area contributed by atoms with Crippen LogP contribution in [0.1, 0.15) is 34.6 Å². The number of anilines is 1. The molecule has 0 unspecified atom stereocenters. The van der Waals surface area contributed by atoms with Crippen molar-refractivity contribution in [2.75, 3.05) is 11.6 Å². The second kappa shape index (κ2) is 12.9. The van der Waals surface area contributed by atoms with E-state index in [0.717, 1.165) is 45.8 Å². The highest BCUT2D eigenvalue weighted by Crippen LogP contribution is 2.16. The van der Waals surface area contributed by atoms with Crippen LogP contribution in [-0.2, 0) is 42.9 Å². The quantitative estimate of drug-likeness (QED) is 0.201. The molecule has 0 aliphatic heterocycles. The summed E-state index contributed by atoms with van der Waals surface area (Å²) < 4.78 is 20.5. The Hall–Kier alpha value is -4.62.